The van der Waals surface area contributed by atoms with E-state index in [9.17, 15) is 4.79 Å². The number of aromatic nitrogens is 1. The van der Waals surface area contributed by atoms with E-state index in [-0.39, 0.29) is 5.69 Å². The highest BCUT2D eigenvalue weighted by Crippen LogP contribution is 2.26. The molecule has 2 rings (SSSR count). The zero-order valence-electron chi connectivity index (χ0n) is 7.37. The Hall–Kier alpha value is -0.690. The summed E-state index contributed by atoms with van der Waals surface area (Å²) in [5, 5.41) is 9.75. The molecular formula is C10H5BrINO2. The molecule has 3 nitrogen and oxygen atoms in total. The molecule has 1 aromatic heterocycles. The van der Waals surface area contributed by atoms with Gasteiger partial charge in [0.05, 0.1) is 5.52 Å². The van der Waals surface area contributed by atoms with Gasteiger partial charge in [0.25, 0.3) is 0 Å². The summed E-state index contributed by atoms with van der Waals surface area (Å²) in [5.41, 5.74) is 0.781. The van der Waals surface area contributed by atoms with Crippen LogP contribution < -0.4 is 0 Å². The molecule has 5 heteroatoms. The molecule has 1 N–H and O–H groups in total. The monoisotopic (exact) mass is 377 g/mol. The Morgan fingerprint density at radius 3 is 2.73 bits per heavy atom. The highest BCUT2D eigenvalue weighted by atomic mass is 127. The van der Waals surface area contributed by atoms with Crippen molar-refractivity contribution in [3.8, 4) is 0 Å². The van der Waals surface area contributed by atoms with Crippen LogP contribution in [0.2, 0.25) is 0 Å². The first kappa shape index (κ1) is 10.8. The molecule has 0 saturated heterocycles. The van der Waals surface area contributed by atoms with E-state index in [0.29, 0.717) is 5.52 Å². The van der Waals surface area contributed by atoms with Gasteiger partial charge in [-0.1, -0.05) is 15.9 Å². The van der Waals surface area contributed by atoms with Crippen LogP contribution in [0, 0.1) is 3.57 Å². The molecule has 1 heterocycles. The first-order valence-electron chi connectivity index (χ1n) is 4.07. The third kappa shape index (κ3) is 1.98. The number of hydrogen-bond donors (Lipinski definition) is 1. The Bertz CT molecular complexity index is 556. The molecule has 0 aliphatic rings. The molecule has 1 aromatic carbocycles. The van der Waals surface area contributed by atoms with Crippen LogP contribution in [0.5, 0.6) is 0 Å². The predicted molar refractivity (Wildman–Crippen MR) is 69.1 cm³/mol. The molecule has 0 saturated carbocycles. The van der Waals surface area contributed by atoms with Gasteiger partial charge in [0.2, 0.25) is 0 Å². The van der Waals surface area contributed by atoms with Crippen molar-refractivity contribution < 1.29 is 9.90 Å². The third-order valence-electron chi connectivity index (χ3n) is 1.97. The van der Waals surface area contributed by atoms with Gasteiger partial charge in [-0.3, -0.25) is 0 Å². The maximum Gasteiger partial charge on any atom is 0.354 e. The Morgan fingerprint density at radius 1 is 1.33 bits per heavy atom. The van der Waals surface area contributed by atoms with Crippen LogP contribution in [-0.4, -0.2) is 16.1 Å². The number of carboxylic acids is 1. The lowest BCUT2D eigenvalue weighted by molar-refractivity contribution is 0.0691. The molecule has 0 bridgehead atoms. The molecule has 0 radical (unpaired) electrons. The van der Waals surface area contributed by atoms with Crippen LogP contribution in [0.15, 0.2) is 28.7 Å². The molecule has 76 valence electrons. The molecule has 0 spiro atoms. The lowest BCUT2D eigenvalue weighted by atomic mass is 10.2. The normalized spacial score (nSPS) is 10.5. The largest absolute Gasteiger partial charge is 0.477 e. The SMILES string of the molecule is O=C(O)c1ccc2c(Br)ccc(I)c2n1. The first-order valence-corrected chi connectivity index (χ1v) is 5.95. The summed E-state index contributed by atoms with van der Waals surface area (Å²) in [6.07, 6.45) is 0. The number of aromatic carboxylic acids is 1. The highest BCUT2D eigenvalue weighted by molar-refractivity contribution is 14.1. The van der Waals surface area contributed by atoms with Crippen molar-refractivity contribution in [2.75, 3.05) is 0 Å². The van der Waals surface area contributed by atoms with Crippen molar-refractivity contribution in [2.24, 2.45) is 0 Å². The zero-order chi connectivity index (χ0) is 11.0. The van der Waals surface area contributed by atoms with Crippen molar-refractivity contribution >= 4 is 55.4 Å². The maximum absolute atomic E-state index is 10.8. The standard InChI is InChI=1S/C10H5BrINO2/c11-6-2-3-7(12)9-5(6)1-4-8(13-9)10(14)15/h1-4H,(H,14,15). The topological polar surface area (TPSA) is 50.2 Å². The van der Waals surface area contributed by atoms with Crippen molar-refractivity contribution in [3.63, 3.8) is 0 Å². The van der Waals surface area contributed by atoms with Gasteiger partial charge >= 0.3 is 5.97 Å². The van der Waals surface area contributed by atoms with Crippen molar-refractivity contribution in [1.82, 2.24) is 4.98 Å². The summed E-state index contributed by atoms with van der Waals surface area (Å²) in [6, 6.07) is 7.08. The van der Waals surface area contributed by atoms with Crippen LogP contribution in [0.1, 0.15) is 10.5 Å². The lowest BCUT2D eigenvalue weighted by Crippen LogP contribution is -2.00. The Kier molecular flexibility index (Phi) is 2.92. The average molecular weight is 378 g/mol. The quantitative estimate of drug-likeness (QED) is 0.776. The number of hydrogen-bond acceptors (Lipinski definition) is 2. The number of carboxylic acid groups (broad SMARTS) is 1. The van der Waals surface area contributed by atoms with Crippen LogP contribution in [0.4, 0.5) is 0 Å². The highest BCUT2D eigenvalue weighted by Gasteiger charge is 2.09. The van der Waals surface area contributed by atoms with E-state index in [1.807, 2.05) is 12.1 Å². The lowest BCUT2D eigenvalue weighted by Gasteiger charge is -2.03. The zero-order valence-corrected chi connectivity index (χ0v) is 11.1. The van der Waals surface area contributed by atoms with Gasteiger partial charge in [-0.15, -0.1) is 0 Å². The fraction of sp³-hybridized carbons (Fsp3) is 0. The minimum Gasteiger partial charge on any atom is -0.477 e. The van der Waals surface area contributed by atoms with E-state index in [4.69, 9.17) is 5.11 Å². The van der Waals surface area contributed by atoms with Crippen molar-refractivity contribution in [1.29, 1.82) is 0 Å². The summed E-state index contributed by atoms with van der Waals surface area (Å²) in [4.78, 5) is 14.9. The number of halogens is 2. The maximum atomic E-state index is 10.8. The molecule has 0 fully saturated rings. The number of rotatable bonds is 1. The molecule has 0 amide bonds. The summed E-state index contributed by atoms with van der Waals surface area (Å²) in [5.74, 6) is -1.01. The summed E-state index contributed by atoms with van der Waals surface area (Å²) in [6.45, 7) is 0. The Balaban J connectivity index is 2.81. The molecule has 0 atom stereocenters. The molecule has 2 aromatic rings. The first-order chi connectivity index (χ1) is 7.09. The number of fused-ring (bicyclic) bond motifs is 1. The van der Waals surface area contributed by atoms with Gasteiger partial charge in [0, 0.05) is 13.4 Å². The van der Waals surface area contributed by atoms with Crippen molar-refractivity contribution in [2.45, 2.75) is 0 Å². The van der Waals surface area contributed by atoms with Gasteiger partial charge in [0.1, 0.15) is 5.69 Å². The Morgan fingerprint density at radius 2 is 2.07 bits per heavy atom. The van der Waals surface area contributed by atoms with Gasteiger partial charge in [-0.2, -0.15) is 0 Å². The van der Waals surface area contributed by atoms with E-state index in [0.717, 1.165) is 13.4 Å². The molecule has 15 heavy (non-hydrogen) atoms. The number of benzene rings is 1. The fourth-order valence-corrected chi connectivity index (χ4v) is 2.31. The van der Waals surface area contributed by atoms with Crippen LogP contribution >= 0.6 is 38.5 Å². The minimum absolute atomic E-state index is 0.0681. The Labute approximate surface area is 108 Å². The van der Waals surface area contributed by atoms with Gasteiger partial charge in [-0.25, -0.2) is 9.78 Å². The summed E-state index contributed by atoms with van der Waals surface area (Å²) < 4.78 is 1.86. The van der Waals surface area contributed by atoms with Crippen LogP contribution in [0.3, 0.4) is 0 Å². The van der Waals surface area contributed by atoms with Gasteiger partial charge in [-0.05, 0) is 46.9 Å². The van der Waals surface area contributed by atoms with Crippen molar-refractivity contribution in [3.05, 3.63) is 38.0 Å². The van der Waals surface area contributed by atoms with E-state index in [2.05, 4.69) is 43.5 Å². The molecule has 0 aliphatic heterocycles. The summed E-state index contributed by atoms with van der Waals surface area (Å²) in [7, 11) is 0. The molecule has 0 unspecified atom stereocenters. The summed E-state index contributed by atoms with van der Waals surface area (Å²) >= 11 is 5.54. The number of carbonyl (C=O) groups is 1. The second-order valence-electron chi connectivity index (χ2n) is 2.93. The second kappa shape index (κ2) is 4.05. The smallest absolute Gasteiger partial charge is 0.354 e. The van der Waals surface area contributed by atoms with E-state index in [1.54, 1.807) is 6.07 Å². The van der Waals surface area contributed by atoms with Gasteiger partial charge < -0.3 is 5.11 Å². The van der Waals surface area contributed by atoms with Crippen LogP contribution in [0.25, 0.3) is 10.9 Å². The average Bonchev–Trinajstić information content (AvgIpc) is 2.23. The number of nitrogens with zero attached hydrogens (tertiary/aromatic N) is 1. The van der Waals surface area contributed by atoms with E-state index < -0.39 is 5.97 Å². The molecular weight excluding hydrogens is 373 g/mol. The van der Waals surface area contributed by atoms with E-state index in [1.165, 1.54) is 6.07 Å². The fourth-order valence-electron chi connectivity index (χ4n) is 1.27. The van der Waals surface area contributed by atoms with Crippen LogP contribution in [-0.2, 0) is 0 Å². The number of pyridine rings is 1. The van der Waals surface area contributed by atoms with Gasteiger partial charge in [0.15, 0.2) is 0 Å². The van der Waals surface area contributed by atoms with E-state index >= 15 is 0 Å². The minimum atomic E-state index is -1.01. The molecule has 0 aliphatic carbocycles. The third-order valence-corrected chi connectivity index (χ3v) is 3.54. The predicted octanol–water partition coefficient (Wildman–Crippen LogP) is 3.30. The second-order valence-corrected chi connectivity index (χ2v) is 4.94.